The number of benzene rings is 1. The summed E-state index contributed by atoms with van der Waals surface area (Å²) in [6.45, 7) is 4.89. The zero-order valence-corrected chi connectivity index (χ0v) is 17.4. The Hall–Kier alpha value is -3.23. The lowest BCUT2D eigenvalue weighted by Gasteiger charge is -2.39. The lowest BCUT2D eigenvalue weighted by atomic mass is 9.77. The van der Waals surface area contributed by atoms with Crippen LogP contribution in [-0.4, -0.2) is 31.0 Å². The molecule has 9 heteroatoms. The van der Waals surface area contributed by atoms with Gasteiger partial charge in [0.1, 0.15) is 5.69 Å². The van der Waals surface area contributed by atoms with Gasteiger partial charge in [-0.05, 0) is 31.0 Å². The molecule has 1 N–H and O–H groups in total. The maximum atomic E-state index is 15.0. The summed E-state index contributed by atoms with van der Waals surface area (Å²) in [7, 11) is 2.49. The van der Waals surface area contributed by atoms with Crippen molar-refractivity contribution in [3.8, 4) is 11.5 Å². The van der Waals surface area contributed by atoms with Crippen LogP contribution in [0.1, 0.15) is 37.6 Å². The molecule has 3 rings (SSSR count). The van der Waals surface area contributed by atoms with Crippen LogP contribution < -0.4 is 19.7 Å². The molecule has 0 saturated carbocycles. The van der Waals surface area contributed by atoms with E-state index >= 15 is 8.78 Å². The number of pyridine rings is 1. The number of hydrogen-bond acceptors (Lipinski definition) is 5. The number of carbonyl (C=O) groups excluding carboxylic acids is 2. The number of rotatable bonds is 5. The van der Waals surface area contributed by atoms with E-state index < -0.39 is 28.6 Å². The van der Waals surface area contributed by atoms with Crippen LogP contribution >= 0.6 is 0 Å². The molecule has 0 atom stereocenters. The lowest BCUT2D eigenvalue weighted by molar-refractivity contribution is -0.124. The maximum absolute atomic E-state index is 15.0. The second-order valence-electron chi connectivity index (χ2n) is 7.52. The molecule has 30 heavy (non-hydrogen) atoms. The van der Waals surface area contributed by atoms with Crippen LogP contribution in [0.25, 0.3) is 0 Å². The minimum atomic E-state index is -1.09. The van der Waals surface area contributed by atoms with Gasteiger partial charge < -0.3 is 19.7 Å². The molecule has 0 fully saturated rings. The van der Waals surface area contributed by atoms with Gasteiger partial charge in [-0.25, -0.2) is 8.78 Å². The third-order valence-electron chi connectivity index (χ3n) is 5.16. The molecule has 0 radical (unpaired) electrons. The first-order valence-corrected chi connectivity index (χ1v) is 9.26. The van der Waals surface area contributed by atoms with Gasteiger partial charge >= 0.3 is 0 Å². The van der Waals surface area contributed by atoms with Gasteiger partial charge in [0.05, 0.1) is 38.4 Å². The van der Waals surface area contributed by atoms with Crippen molar-refractivity contribution in [3.05, 3.63) is 46.8 Å². The predicted molar refractivity (Wildman–Crippen MR) is 105 cm³/mol. The Bertz CT molecular complexity index is 996. The van der Waals surface area contributed by atoms with E-state index in [1.54, 1.807) is 26.1 Å². The Labute approximate surface area is 173 Å². The van der Waals surface area contributed by atoms with Crippen molar-refractivity contribution in [1.82, 2.24) is 10.3 Å². The molecule has 0 spiro atoms. The van der Waals surface area contributed by atoms with Gasteiger partial charge in [-0.3, -0.25) is 14.6 Å². The van der Waals surface area contributed by atoms with Gasteiger partial charge in [0.2, 0.25) is 11.8 Å². The fraction of sp³-hybridized carbons (Fsp3) is 0.381. The zero-order valence-electron chi connectivity index (χ0n) is 17.4. The molecule has 0 aliphatic carbocycles. The monoisotopic (exact) mass is 419 g/mol. The molecule has 160 valence electrons. The summed E-state index contributed by atoms with van der Waals surface area (Å²) in [6, 6.07) is 2.83. The molecule has 1 aliphatic rings. The lowest BCUT2D eigenvalue weighted by Crippen LogP contribution is -2.48. The standard InChI is InChI=1S/C21H23F2N3O4/c1-11(27)24-9-13-6-14-12(8-25-13)10-26(20(28)21(14,2)3)19-17(22)15(29-4)7-16(30-5)18(19)23/h6-8H,9-10H2,1-5H3,(H,24,27). The number of methoxy groups -OCH3 is 2. The van der Waals surface area contributed by atoms with Crippen LogP contribution in [0.4, 0.5) is 14.5 Å². The third-order valence-corrected chi connectivity index (χ3v) is 5.16. The van der Waals surface area contributed by atoms with Gasteiger partial charge in [-0.15, -0.1) is 0 Å². The van der Waals surface area contributed by atoms with E-state index in [1.165, 1.54) is 21.1 Å². The largest absolute Gasteiger partial charge is 0.493 e. The smallest absolute Gasteiger partial charge is 0.237 e. The number of anilines is 1. The van der Waals surface area contributed by atoms with Crippen LogP contribution in [-0.2, 0) is 28.1 Å². The predicted octanol–water partition coefficient (Wildman–Crippen LogP) is 2.84. The molecule has 2 amide bonds. The first-order valence-electron chi connectivity index (χ1n) is 9.26. The molecule has 1 aromatic heterocycles. The van der Waals surface area contributed by atoms with Gasteiger partial charge in [-0.2, -0.15) is 0 Å². The number of amides is 2. The summed E-state index contributed by atoms with van der Waals surface area (Å²) in [5.74, 6) is -3.13. The van der Waals surface area contributed by atoms with E-state index in [0.717, 1.165) is 11.0 Å². The summed E-state index contributed by atoms with van der Waals surface area (Å²) < 4.78 is 40.0. The highest BCUT2D eigenvalue weighted by atomic mass is 19.1. The summed E-state index contributed by atoms with van der Waals surface area (Å²) >= 11 is 0. The molecule has 0 bridgehead atoms. The number of nitrogens with zero attached hydrogens (tertiary/aromatic N) is 2. The van der Waals surface area contributed by atoms with Crippen molar-refractivity contribution in [1.29, 1.82) is 0 Å². The third kappa shape index (κ3) is 3.55. The fourth-order valence-electron chi connectivity index (χ4n) is 3.53. The first kappa shape index (κ1) is 21.5. The summed E-state index contributed by atoms with van der Waals surface area (Å²) in [6.07, 6.45) is 1.56. The highest BCUT2D eigenvalue weighted by Crippen LogP contribution is 2.42. The zero-order chi connectivity index (χ0) is 22.2. The quantitative estimate of drug-likeness (QED) is 0.806. The molecule has 2 aromatic rings. The van der Waals surface area contributed by atoms with Crippen molar-refractivity contribution in [2.24, 2.45) is 0 Å². The topological polar surface area (TPSA) is 80.8 Å². The van der Waals surface area contributed by atoms with Crippen LogP contribution in [0.15, 0.2) is 18.3 Å². The number of nitrogens with one attached hydrogen (secondary N) is 1. The average Bonchev–Trinajstić information content (AvgIpc) is 2.70. The molecule has 2 heterocycles. The van der Waals surface area contributed by atoms with Gasteiger partial charge in [0, 0.05) is 19.2 Å². The number of hydrogen-bond donors (Lipinski definition) is 1. The number of halogens is 2. The first-order chi connectivity index (χ1) is 14.1. The van der Waals surface area contributed by atoms with Crippen LogP contribution in [0.3, 0.4) is 0 Å². The van der Waals surface area contributed by atoms with E-state index in [1.807, 2.05) is 0 Å². The van der Waals surface area contributed by atoms with Crippen LogP contribution in [0.2, 0.25) is 0 Å². The normalized spacial score (nSPS) is 14.9. The summed E-state index contributed by atoms with van der Waals surface area (Å²) in [5, 5.41) is 2.66. The number of ether oxygens (including phenoxy) is 2. The van der Waals surface area contributed by atoms with E-state index in [9.17, 15) is 9.59 Å². The van der Waals surface area contributed by atoms with Crippen LogP contribution in [0, 0.1) is 11.6 Å². The second-order valence-corrected chi connectivity index (χ2v) is 7.52. The number of fused-ring (bicyclic) bond motifs is 1. The van der Waals surface area contributed by atoms with E-state index in [-0.39, 0.29) is 30.5 Å². The highest BCUT2D eigenvalue weighted by molar-refractivity contribution is 6.03. The Morgan fingerprint density at radius 1 is 1.20 bits per heavy atom. The van der Waals surface area contributed by atoms with Crippen molar-refractivity contribution in [3.63, 3.8) is 0 Å². The SMILES string of the molecule is COc1cc(OC)c(F)c(N2Cc3cnc(CNC(C)=O)cc3C(C)(C)C2=O)c1F. The summed E-state index contributed by atoms with van der Waals surface area (Å²) in [5.41, 5.74) is 0.300. The van der Waals surface area contributed by atoms with Crippen molar-refractivity contribution >= 4 is 17.5 Å². The Morgan fingerprint density at radius 2 is 1.80 bits per heavy atom. The molecule has 7 nitrogen and oxygen atoms in total. The minimum absolute atomic E-state index is 0.0742. The molecular formula is C21H23F2N3O4. The van der Waals surface area contributed by atoms with Gasteiger partial charge in [0.25, 0.3) is 0 Å². The van der Waals surface area contributed by atoms with E-state index in [4.69, 9.17) is 9.47 Å². The van der Waals surface area contributed by atoms with E-state index in [2.05, 4.69) is 10.3 Å². The van der Waals surface area contributed by atoms with Crippen LogP contribution in [0.5, 0.6) is 11.5 Å². The van der Waals surface area contributed by atoms with Crippen molar-refractivity contribution < 1.29 is 27.8 Å². The van der Waals surface area contributed by atoms with Crippen molar-refractivity contribution in [2.45, 2.75) is 39.3 Å². The average molecular weight is 419 g/mol. The Morgan fingerprint density at radius 3 is 2.33 bits per heavy atom. The van der Waals surface area contributed by atoms with Gasteiger partial charge in [-0.1, -0.05) is 0 Å². The molecule has 1 aromatic carbocycles. The van der Waals surface area contributed by atoms with Gasteiger partial charge in [0.15, 0.2) is 23.1 Å². The Balaban J connectivity index is 2.10. The molecule has 1 aliphatic heterocycles. The molecule has 0 unspecified atom stereocenters. The minimum Gasteiger partial charge on any atom is -0.493 e. The van der Waals surface area contributed by atoms with Crippen molar-refractivity contribution in [2.75, 3.05) is 19.1 Å². The molecular weight excluding hydrogens is 396 g/mol. The summed E-state index contributed by atoms with van der Waals surface area (Å²) in [4.78, 5) is 29.8. The highest BCUT2D eigenvalue weighted by Gasteiger charge is 2.43. The Kier molecular flexibility index (Phi) is 5.65. The van der Waals surface area contributed by atoms with E-state index in [0.29, 0.717) is 16.8 Å². The molecule has 0 saturated heterocycles. The fourth-order valence-corrected chi connectivity index (χ4v) is 3.53. The maximum Gasteiger partial charge on any atom is 0.237 e. The second kappa shape index (κ2) is 7.89. The number of carbonyl (C=O) groups is 2. The number of aromatic nitrogens is 1.